The lowest BCUT2D eigenvalue weighted by Gasteiger charge is -2.38. The summed E-state index contributed by atoms with van der Waals surface area (Å²) in [6.45, 7) is 4.79. The number of para-hydroxylation sites is 1. The molecule has 0 aromatic heterocycles. The largest absolute Gasteiger partial charge is 0.393 e. The van der Waals surface area contributed by atoms with Crippen LogP contribution < -0.4 is 5.73 Å². The molecule has 1 aromatic carbocycles. The summed E-state index contributed by atoms with van der Waals surface area (Å²) in [5, 5.41) is 10.9. The van der Waals surface area contributed by atoms with Gasteiger partial charge < -0.3 is 15.4 Å². The maximum atomic E-state index is 12.7. The predicted octanol–water partition coefficient (Wildman–Crippen LogP) is 1.82. The number of rotatable bonds is 3. The fourth-order valence-corrected chi connectivity index (χ4v) is 2.48. The number of ether oxygens (including phenoxy) is 1. The van der Waals surface area contributed by atoms with Gasteiger partial charge in [-0.05, 0) is 19.4 Å². The van der Waals surface area contributed by atoms with Gasteiger partial charge in [0, 0.05) is 12.6 Å². The first kappa shape index (κ1) is 15.2. The van der Waals surface area contributed by atoms with Gasteiger partial charge in [-0.25, -0.2) is 0 Å². The summed E-state index contributed by atoms with van der Waals surface area (Å²) < 4.78 is 5.56. The Bertz CT molecular complexity index is 561. The zero-order chi connectivity index (χ0) is 15.6. The molecule has 1 heterocycles. The second-order valence-corrected chi connectivity index (χ2v) is 5.16. The third kappa shape index (κ3) is 2.97. The molecule has 7 heteroatoms. The van der Waals surface area contributed by atoms with Crippen molar-refractivity contribution in [3.8, 4) is 0 Å². The van der Waals surface area contributed by atoms with Crippen molar-refractivity contribution in [1.29, 1.82) is 0 Å². The molecule has 1 aliphatic rings. The van der Waals surface area contributed by atoms with Gasteiger partial charge in [0.15, 0.2) is 0 Å². The molecule has 1 fully saturated rings. The van der Waals surface area contributed by atoms with E-state index < -0.39 is 4.92 Å². The van der Waals surface area contributed by atoms with E-state index in [0.29, 0.717) is 13.2 Å². The molecule has 0 bridgehead atoms. The standard InChI is InChI=1S/C14H19N3O4/c1-3-10-8-21-9(2)7-16(10)14(18)11-5-4-6-12(13(11)15)17(19)20/h4-6,9-10H,3,7-8,15H2,1-2H3. The summed E-state index contributed by atoms with van der Waals surface area (Å²) >= 11 is 0. The first-order chi connectivity index (χ1) is 9.95. The molecule has 21 heavy (non-hydrogen) atoms. The van der Waals surface area contributed by atoms with Gasteiger partial charge in [0.05, 0.1) is 29.2 Å². The maximum absolute atomic E-state index is 12.7. The second kappa shape index (κ2) is 6.09. The van der Waals surface area contributed by atoms with Gasteiger partial charge in [0.1, 0.15) is 5.69 Å². The Kier molecular flexibility index (Phi) is 4.42. The minimum atomic E-state index is -0.578. The van der Waals surface area contributed by atoms with Crippen LogP contribution in [0.15, 0.2) is 18.2 Å². The summed E-state index contributed by atoms with van der Waals surface area (Å²) in [5.74, 6) is -0.279. The zero-order valence-electron chi connectivity index (χ0n) is 12.1. The molecule has 1 amide bonds. The smallest absolute Gasteiger partial charge is 0.292 e. The Balaban J connectivity index is 2.34. The van der Waals surface area contributed by atoms with Crippen LogP contribution in [0.5, 0.6) is 0 Å². The molecule has 1 aromatic rings. The summed E-state index contributed by atoms with van der Waals surface area (Å²) in [6.07, 6.45) is 0.699. The van der Waals surface area contributed by atoms with Crippen molar-refractivity contribution < 1.29 is 14.5 Å². The number of morpholine rings is 1. The molecule has 1 saturated heterocycles. The van der Waals surface area contributed by atoms with Gasteiger partial charge in [-0.15, -0.1) is 0 Å². The van der Waals surface area contributed by atoms with Gasteiger partial charge in [-0.3, -0.25) is 14.9 Å². The molecule has 7 nitrogen and oxygen atoms in total. The molecule has 2 unspecified atom stereocenters. The van der Waals surface area contributed by atoms with Crippen molar-refractivity contribution >= 4 is 17.3 Å². The van der Waals surface area contributed by atoms with E-state index in [1.807, 2.05) is 13.8 Å². The average molecular weight is 293 g/mol. The molecule has 0 saturated carbocycles. The highest BCUT2D eigenvalue weighted by molar-refractivity contribution is 6.01. The predicted molar refractivity (Wildman–Crippen MR) is 78.0 cm³/mol. The lowest BCUT2D eigenvalue weighted by molar-refractivity contribution is -0.383. The number of hydrogen-bond acceptors (Lipinski definition) is 5. The summed E-state index contributed by atoms with van der Waals surface area (Å²) in [6, 6.07) is 4.27. The fourth-order valence-electron chi connectivity index (χ4n) is 2.48. The molecular formula is C14H19N3O4. The van der Waals surface area contributed by atoms with E-state index in [1.165, 1.54) is 18.2 Å². The van der Waals surface area contributed by atoms with E-state index in [4.69, 9.17) is 10.5 Å². The number of nitrogens with two attached hydrogens (primary N) is 1. The third-order valence-corrected chi connectivity index (χ3v) is 3.71. The zero-order valence-corrected chi connectivity index (χ0v) is 12.1. The SMILES string of the molecule is CCC1COC(C)CN1C(=O)c1cccc([N+](=O)[O-])c1N. The number of carbonyl (C=O) groups is 1. The molecule has 0 aliphatic carbocycles. The number of nitrogens with zero attached hydrogens (tertiary/aromatic N) is 2. The van der Waals surface area contributed by atoms with E-state index in [9.17, 15) is 14.9 Å². The van der Waals surface area contributed by atoms with Crippen LogP contribution in [-0.4, -0.2) is 41.0 Å². The van der Waals surface area contributed by atoms with Crippen LogP contribution in [0.4, 0.5) is 11.4 Å². The Morgan fingerprint density at radius 3 is 2.90 bits per heavy atom. The lowest BCUT2D eigenvalue weighted by atomic mass is 10.1. The van der Waals surface area contributed by atoms with Gasteiger partial charge in [0.25, 0.3) is 11.6 Å². The topological polar surface area (TPSA) is 98.7 Å². The maximum Gasteiger partial charge on any atom is 0.292 e. The number of hydrogen-bond donors (Lipinski definition) is 1. The van der Waals surface area contributed by atoms with Crippen LogP contribution in [0, 0.1) is 10.1 Å². The Labute approximate surface area is 122 Å². The van der Waals surface area contributed by atoms with E-state index in [1.54, 1.807) is 4.90 Å². The number of nitro benzene ring substituents is 1. The highest BCUT2D eigenvalue weighted by Crippen LogP contribution is 2.27. The van der Waals surface area contributed by atoms with Crippen LogP contribution in [0.25, 0.3) is 0 Å². The number of nitrogen functional groups attached to an aromatic ring is 1. The molecule has 2 N–H and O–H groups in total. The minimum Gasteiger partial charge on any atom is -0.393 e. The fraction of sp³-hybridized carbons (Fsp3) is 0.500. The van der Waals surface area contributed by atoms with E-state index in [-0.39, 0.29) is 35.0 Å². The van der Waals surface area contributed by atoms with E-state index in [2.05, 4.69) is 0 Å². The highest BCUT2D eigenvalue weighted by Gasteiger charge is 2.32. The first-order valence-electron chi connectivity index (χ1n) is 6.91. The number of nitro groups is 1. The summed E-state index contributed by atoms with van der Waals surface area (Å²) in [4.78, 5) is 24.7. The van der Waals surface area contributed by atoms with Gasteiger partial charge in [-0.1, -0.05) is 13.0 Å². The van der Waals surface area contributed by atoms with Gasteiger partial charge >= 0.3 is 0 Å². The molecular weight excluding hydrogens is 274 g/mol. The molecule has 2 rings (SSSR count). The van der Waals surface area contributed by atoms with Gasteiger partial charge in [0.2, 0.25) is 0 Å². The number of amides is 1. The van der Waals surface area contributed by atoms with Crippen molar-refractivity contribution in [3.63, 3.8) is 0 Å². The molecule has 2 atom stereocenters. The van der Waals surface area contributed by atoms with E-state index in [0.717, 1.165) is 6.42 Å². The number of anilines is 1. The monoisotopic (exact) mass is 293 g/mol. The molecule has 0 spiro atoms. The van der Waals surface area contributed by atoms with Crippen molar-refractivity contribution in [2.75, 3.05) is 18.9 Å². The lowest BCUT2D eigenvalue weighted by Crippen LogP contribution is -2.51. The van der Waals surface area contributed by atoms with Gasteiger partial charge in [-0.2, -0.15) is 0 Å². The quantitative estimate of drug-likeness (QED) is 0.520. The van der Waals surface area contributed by atoms with Crippen LogP contribution >= 0.6 is 0 Å². The normalized spacial score (nSPS) is 22.1. The third-order valence-electron chi connectivity index (χ3n) is 3.71. The van der Waals surface area contributed by atoms with Crippen LogP contribution in [0.2, 0.25) is 0 Å². The first-order valence-corrected chi connectivity index (χ1v) is 6.91. The van der Waals surface area contributed by atoms with Crippen LogP contribution in [0.3, 0.4) is 0 Å². The van der Waals surface area contributed by atoms with Crippen molar-refractivity contribution in [2.45, 2.75) is 32.4 Å². The Hall–Kier alpha value is -2.15. The Morgan fingerprint density at radius 1 is 1.57 bits per heavy atom. The minimum absolute atomic E-state index is 0.0348. The molecule has 114 valence electrons. The summed E-state index contributed by atoms with van der Waals surface area (Å²) in [5.41, 5.74) is 5.65. The van der Waals surface area contributed by atoms with Crippen LogP contribution in [0.1, 0.15) is 30.6 Å². The Morgan fingerprint density at radius 2 is 2.29 bits per heavy atom. The van der Waals surface area contributed by atoms with Crippen molar-refractivity contribution in [3.05, 3.63) is 33.9 Å². The number of carbonyl (C=O) groups excluding carboxylic acids is 1. The van der Waals surface area contributed by atoms with Crippen LogP contribution in [-0.2, 0) is 4.74 Å². The second-order valence-electron chi connectivity index (χ2n) is 5.16. The highest BCUT2D eigenvalue weighted by atomic mass is 16.6. The molecule has 0 radical (unpaired) electrons. The number of benzene rings is 1. The molecule has 1 aliphatic heterocycles. The van der Waals surface area contributed by atoms with Crippen molar-refractivity contribution in [2.24, 2.45) is 0 Å². The van der Waals surface area contributed by atoms with Crippen molar-refractivity contribution in [1.82, 2.24) is 4.90 Å². The van der Waals surface area contributed by atoms with E-state index >= 15 is 0 Å². The average Bonchev–Trinajstić information content (AvgIpc) is 2.46. The summed E-state index contributed by atoms with van der Waals surface area (Å²) in [7, 11) is 0.